The number of hydrogen-bond donors (Lipinski definition) is 1. The first-order valence-corrected chi connectivity index (χ1v) is 4.83. The minimum absolute atomic E-state index is 0.0394. The zero-order valence-corrected chi connectivity index (χ0v) is 9.50. The lowest BCUT2D eigenvalue weighted by atomic mass is 10.1. The Balaban J connectivity index is 0.000000921. The SMILES string of the molecule is CC.Cc1cc(N)cc(Cl)c1C(F)(F)F. The number of anilines is 1. The first-order valence-electron chi connectivity index (χ1n) is 4.45. The molecule has 15 heavy (non-hydrogen) atoms. The zero-order chi connectivity index (χ0) is 12.2. The second kappa shape index (κ2) is 5.26. The van der Waals surface area contributed by atoms with E-state index in [0.717, 1.165) is 6.07 Å². The van der Waals surface area contributed by atoms with Crippen molar-refractivity contribution in [3.63, 3.8) is 0 Å². The average Bonchev–Trinajstić information content (AvgIpc) is 2.02. The van der Waals surface area contributed by atoms with Crippen LogP contribution in [0.3, 0.4) is 0 Å². The summed E-state index contributed by atoms with van der Waals surface area (Å²) in [6, 6.07) is 2.34. The quantitative estimate of drug-likeness (QED) is 0.672. The highest BCUT2D eigenvalue weighted by atomic mass is 35.5. The van der Waals surface area contributed by atoms with Crippen molar-refractivity contribution < 1.29 is 13.2 Å². The molecule has 0 aromatic heterocycles. The Morgan fingerprint density at radius 2 is 1.67 bits per heavy atom. The van der Waals surface area contributed by atoms with Crippen molar-refractivity contribution in [3.8, 4) is 0 Å². The van der Waals surface area contributed by atoms with Crippen LogP contribution in [0.25, 0.3) is 0 Å². The van der Waals surface area contributed by atoms with Gasteiger partial charge in [-0.15, -0.1) is 0 Å². The third-order valence-electron chi connectivity index (χ3n) is 1.59. The van der Waals surface area contributed by atoms with Crippen LogP contribution >= 0.6 is 11.6 Å². The normalized spacial score (nSPS) is 10.6. The largest absolute Gasteiger partial charge is 0.418 e. The van der Waals surface area contributed by atoms with E-state index in [4.69, 9.17) is 17.3 Å². The maximum Gasteiger partial charge on any atom is 0.418 e. The Hall–Kier alpha value is -0.900. The number of nitrogens with two attached hydrogens (primary N) is 1. The van der Waals surface area contributed by atoms with Gasteiger partial charge >= 0.3 is 6.18 Å². The number of alkyl halides is 3. The molecule has 0 aliphatic heterocycles. The van der Waals surface area contributed by atoms with Crippen molar-refractivity contribution in [1.29, 1.82) is 0 Å². The van der Waals surface area contributed by atoms with Gasteiger partial charge in [0.15, 0.2) is 0 Å². The monoisotopic (exact) mass is 239 g/mol. The first-order chi connectivity index (χ1) is 6.82. The molecule has 0 saturated carbocycles. The number of hydrogen-bond acceptors (Lipinski definition) is 1. The van der Waals surface area contributed by atoms with Crippen LogP contribution in [-0.2, 0) is 6.18 Å². The summed E-state index contributed by atoms with van der Waals surface area (Å²) in [6.07, 6.45) is -4.42. The molecule has 5 heteroatoms. The van der Waals surface area contributed by atoms with Crippen LogP contribution in [0.4, 0.5) is 18.9 Å². The molecule has 2 N–H and O–H groups in total. The summed E-state index contributed by atoms with van der Waals surface area (Å²) in [5, 5.41) is -0.356. The molecular formula is C10H13ClF3N. The molecule has 0 radical (unpaired) electrons. The summed E-state index contributed by atoms with van der Waals surface area (Å²) in [4.78, 5) is 0. The van der Waals surface area contributed by atoms with E-state index in [1.165, 1.54) is 13.0 Å². The van der Waals surface area contributed by atoms with Gasteiger partial charge in [-0.3, -0.25) is 0 Å². The van der Waals surface area contributed by atoms with Gasteiger partial charge < -0.3 is 5.73 Å². The molecule has 0 amide bonds. The number of rotatable bonds is 0. The molecule has 0 aliphatic carbocycles. The van der Waals surface area contributed by atoms with E-state index in [2.05, 4.69) is 0 Å². The fraction of sp³-hybridized carbons (Fsp3) is 0.400. The van der Waals surface area contributed by atoms with Crippen molar-refractivity contribution in [3.05, 3.63) is 28.3 Å². The second-order valence-corrected chi connectivity index (χ2v) is 3.10. The molecule has 0 saturated heterocycles. The molecule has 1 rings (SSSR count). The molecular weight excluding hydrogens is 227 g/mol. The van der Waals surface area contributed by atoms with Gasteiger partial charge in [0.05, 0.1) is 10.6 Å². The Morgan fingerprint density at radius 1 is 1.20 bits per heavy atom. The molecule has 0 spiro atoms. The van der Waals surface area contributed by atoms with Crippen LogP contribution in [0.1, 0.15) is 25.0 Å². The third kappa shape index (κ3) is 3.63. The molecule has 0 atom stereocenters. The Kier molecular flexibility index (Phi) is 4.94. The van der Waals surface area contributed by atoms with Crippen LogP contribution in [-0.4, -0.2) is 0 Å². The summed E-state index contributed by atoms with van der Waals surface area (Å²) in [6.45, 7) is 5.32. The van der Waals surface area contributed by atoms with E-state index in [1.807, 2.05) is 13.8 Å². The fourth-order valence-corrected chi connectivity index (χ4v) is 1.51. The highest BCUT2D eigenvalue weighted by molar-refractivity contribution is 6.31. The van der Waals surface area contributed by atoms with Crippen LogP contribution in [0.2, 0.25) is 5.02 Å². The molecule has 1 nitrogen and oxygen atoms in total. The predicted molar refractivity (Wildman–Crippen MR) is 57.0 cm³/mol. The maximum absolute atomic E-state index is 12.3. The van der Waals surface area contributed by atoms with Crippen molar-refractivity contribution in [2.45, 2.75) is 26.9 Å². The summed E-state index contributed by atoms with van der Waals surface area (Å²) in [7, 11) is 0. The van der Waals surface area contributed by atoms with E-state index in [1.54, 1.807) is 0 Å². The summed E-state index contributed by atoms with van der Waals surface area (Å²) in [5.41, 5.74) is 4.77. The molecule has 86 valence electrons. The van der Waals surface area contributed by atoms with Crippen molar-refractivity contribution >= 4 is 17.3 Å². The molecule has 0 unspecified atom stereocenters. The maximum atomic E-state index is 12.3. The number of benzene rings is 1. The number of nitrogen functional groups attached to an aromatic ring is 1. The van der Waals surface area contributed by atoms with Crippen molar-refractivity contribution in [2.75, 3.05) is 5.73 Å². The Bertz CT molecular complexity index is 311. The number of halogens is 4. The van der Waals surface area contributed by atoms with E-state index in [-0.39, 0.29) is 16.3 Å². The highest BCUT2D eigenvalue weighted by Crippen LogP contribution is 2.37. The van der Waals surface area contributed by atoms with Gasteiger partial charge in [-0.25, -0.2) is 0 Å². The topological polar surface area (TPSA) is 26.0 Å². The van der Waals surface area contributed by atoms with E-state index >= 15 is 0 Å². The van der Waals surface area contributed by atoms with Gasteiger partial charge in [-0.2, -0.15) is 13.2 Å². The molecule has 0 fully saturated rings. The molecule has 1 aromatic carbocycles. The average molecular weight is 240 g/mol. The summed E-state index contributed by atoms with van der Waals surface area (Å²) >= 11 is 5.42. The number of aryl methyl sites for hydroxylation is 1. The van der Waals surface area contributed by atoms with Crippen LogP contribution in [0.15, 0.2) is 12.1 Å². The molecule has 0 aliphatic rings. The fourth-order valence-electron chi connectivity index (χ4n) is 1.13. The van der Waals surface area contributed by atoms with Crippen LogP contribution in [0.5, 0.6) is 0 Å². The Labute approximate surface area is 92.0 Å². The minimum atomic E-state index is -4.42. The van der Waals surface area contributed by atoms with E-state index in [0.29, 0.717) is 0 Å². The smallest absolute Gasteiger partial charge is 0.399 e. The van der Waals surface area contributed by atoms with Crippen molar-refractivity contribution in [1.82, 2.24) is 0 Å². The van der Waals surface area contributed by atoms with Crippen LogP contribution in [0, 0.1) is 6.92 Å². The molecule has 1 aromatic rings. The van der Waals surface area contributed by atoms with E-state index in [9.17, 15) is 13.2 Å². The minimum Gasteiger partial charge on any atom is -0.399 e. The lowest BCUT2D eigenvalue weighted by Crippen LogP contribution is -2.08. The van der Waals surface area contributed by atoms with Gasteiger partial charge in [-0.05, 0) is 24.6 Å². The third-order valence-corrected chi connectivity index (χ3v) is 1.89. The van der Waals surface area contributed by atoms with Gasteiger partial charge in [0.25, 0.3) is 0 Å². The lowest BCUT2D eigenvalue weighted by molar-refractivity contribution is -0.137. The standard InChI is InChI=1S/C8H7ClF3N.C2H6/c1-4-2-5(13)3-6(9)7(4)8(10,11)12;1-2/h2-3H,13H2,1H3;1-2H3. The first kappa shape index (κ1) is 14.1. The van der Waals surface area contributed by atoms with Gasteiger partial charge in [-0.1, -0.05) is 25.4 Å². The van der Waals surface area contributed by atoms with Gasteiger partial charge in [0.2, 0.25) is 0 Å². The van der Waals surface area contributed by atoms with Gasteiger partial charge in [0, 0.05) is 5.69 Å². The summed E-state index contributed by atoms with van der Waals surface area (Å²) in [5.74, 6) is 0. The highest BCUT2D eigenvalue weighted by Gasteiger charge is 2.34. The van der Waals surface area contributed by atoms with Crippen molar-refractivity contribution in [2.24, 2.45) is 0 Å². The van der Waals surface area contributed by atoms with Crippen LogP contribution < -0.4 is 5.73 Å². The summed E-state index contributed by atoms with van der Waals surface area (Å²) < 4.78 is 36.9. The second-order valence-electron chi connectivity index (χ2n) is 2.69. The van der Waals surface area contributed by atoms with E-state index < -0.39 is 11.7 Å². The van der Waals surface area contributed by atoms with Gasteiger partial charge in [0.1, 0.15) is 0 Å². The predicted octanol–water partition coefficient (Wildman–Crippen LogP) is 4.28. The molecule has 0 bridgehead atoms. The molecule has 0 heterocycles. The zero-order valence-electron chi connectivity index (χ0n) is 8.74. The lowest BCUT2D eigenvalue weighted by Gasteiger charge is -2.12. The Morgan fingerprint density at radius 3 is 2.00 bits per heavy atom.